The van der Waals surface area contributed by atoms with Crippen molar-refractivity contribution in [3.8, 4) is 0 Å². The SMILES string of the molecule is Cc1cccc(C(=O)C[C@]2(O)C(=O)Nc3ccccc32)c1. The highest BCUT2D eigenvalue weighted by atomic mass is 16.3. The molecule has 1 atom stereocenters. The third-order valence-electron chi connectivity index (χ3n) is 3.75. The van der Waals surface area contributed by atoms with Gasteiger partial charge in [0.25, 0.3) is 5.91 Å². The zero-order valence-corrected chi connectivity index (χ0v) is 11.6. The first-order valence-corrected chi connectivity index (χ1v) is 6.74. The lowest BCUT2D eigenvalue weighted by Crippen LogP contribution is -2.36. The van der Waals surface area contributed by atoms with Gasteiger partial charge in [-0.05, 0) is 19.1 Å². The van der Waals surface area contributed by atoms with E-state index in [4.69, 9.17) is 0 Å². The number of hydrogen-bond acceptors (Lipinski definition) is 3. The number of carbonyl (C=O) groups excluding carboxylic acids is 2. The fourth-order valence-electron chi connectivity index (χ4n) is 2.63. The van der Waals surface area contributed by atoms with Crippen molar-refractivity contribution in [3.63, 3.8) is 0 Å². The number of anilines is 1. The van der Waals surface area contributed by atoms with Crippen molar-refractivity contribution in [3.05, 3.63) is 65.2 Å². The monoisotopic (exact) mass is 281 g/mol. The van der Waals surface area contributed by atoms with E-state index in [9.17, 15) is 14.7 Å². The summed E-state index contributed by atoms with van der Waals surface area (Å²) in [5.74, 6) is -0.808. The second-order valence-electron chi connectivity index (χ2n) is 5.33. The highest BCUT2D eigenvalue weighted by Crippen LogP contribution is 2.38. The molecule has 1 amide bonds. The summed E-state index contributed by atoms with van der Waals surface area (Å²) in [6.45, 7) is 1.89. The summed E-state index contributed by atoms with van der Waals surface area (Å²) in [4.78, 5) is 24.4. The van der Waals surface area contributed by atoms with E-state index in [1.165, 1.54) is 0 Å². The normalized spacial score (nSPS) is 20.0. The molecule has 0 aromatic heterocycles. The van der Waals surface area contributed by atoms with E-state index in [0.29, 0.717) is 16.8 Å². The average Bonchev–Trinajstić information content (AvgIpc) is 2.71. The van der Waals surface area contributed by atoms with Crippen LogP contribution in [0.4, 0.5) is 5.69 Å². The van der Waals surface area contributed by atoms with Crippen LogP contribution in [0.25, 0.3) is 0 Å². The maximum atomic E-state index is 12.4. The van der Waals surface area contributed by atoms with Crippen LogP contribution in [0.3, 0.4) is 0 Å². The second-order valence-corrected chi connectivity index (χ2v) is 5.33. The number of hydrogen-bond donors (Lipinski definition) is 2. The van der Waals surface area contributed by atoms with E-state index < -0.39 is 11.5 Å². The lowest BCUT2D eigenvalue weighted by molar-refractivity contribution is -0.133. The largest absolute Gasteiger partial charge is 0.375 e. The van der Waals surface area contributed by atoms with Crippen molar-refractivity contribution in [2.75, 3.05) is 5.32 Å². The Balaban J connectivity index is 1.94. The summed E-state index contributed by atoms with van der Waals surface area (Å²) >= 11 is 0. The number of ketones is 1. The quantitative estimate of drug-likeness (QED) is 0.849. The molecule has 21 heavy (non-hydrogen) atoms. The fourth-order valence-corrected chi connectivity index (χ4v) is 2.63. The summed E-state index contributed by atoms with van der Waals surface area (Å²) in [5, 5.41) is 13.3. The summed E-state index contributed by atoms with van der Waals surface area (Å²) in [7, 11) is 0. The minimum Gasteiger partial charge on any atom is -0.375 e. The van der Waals surface area contributed by atoms with Crippen LogP contribution >= 0.6 is 0 Å². The predicted molar refractivity (Wildman–Crippen MR) is 79.1 cm³/mol. The van der Waals surface area contributed by atoms with E-state index in [0.717, 1.165) is 5.56 Å². The number of fused-ring (bicyclic) bond motifs is 1. The Morgan fingerprint density at radius 1 is 1.19 bits per heavy atom. The highest BCUT2D eigenvalue weighted by molar-refractivity contribution is 6.09. The van der Waals surface area contributed by atoms with Gasteiger partial charge in [-0.3, -0.25) is 9.59 Å². The van der Waals surface area contributed by atoms with Gasteiger partial charge < -0.3 is 10.4 Å². The molecule has 2 N–H and O–H groups in total. The molecule has 4 nitrogen and oxygen atoms in total. The summed E-state index contributed by atoms with van der Waals surface area (Å²) in [6, 6.07) is 14.0. The van der Waals surface area contributed by atoms with E-state index in [2.05, 4.69) is 5.32 Å². The maximum Gasteiger partial charge on any atom is 0.261 e. The van der Waals surface area contributed by atoms with Crippen LogP contribution in [0, 0.1) is 6.92 Å². The van der Waals surface area contributed by atoms with Crippen LogP contribution in [-0.4, -0.2) is 16.8 Å². The first-order valence-electron chi connectivity index (χ1n) is 6.74. The third kappa shape index (κ3) is 2.23. The topological polar surface area (TPSA) is 66.4 Å². The second kappa shape index (κ2) is 4.82. The Hall–Kier alpha value is -2.46. The van der Waals surface area contributed by atoms with E-state index in [-0.39, 0.29) is 12.2 Å². The molecule has 0 unspecified atom stereocenters. The Morgan fingerprint density at radius 2 is 1.95 bits per heavy atom. The van der Waals surface area contributed by atoms with Gasteiger partial charge in [-0.2, -0.15) is 0 Å². The number of benzene rings is 2. The summed E-state index contributed by atoms with van der Waals surface area (Å²) in [5.41, 5.74) is 0.681. The van der Waals surface area contributed by atoms with Gasteiger partial charge in [0.2, 0.25) is 0 Å². The number of aryl methyl sites for hydroxylation is 1. The van der Waals surface area contributed by atoms with Crippen LogP contribution in [0.2, 0.25) is 0 Å². The van der Waals surface area contributed by atoms with Crippen molar-refractivity contribution in [2.24, 2.45) is 0 Å². The molecule has 2 aromatic carbocycles. The maximum absolute atomic E-state index is 12.4. The van der Waals surface area contributed by atoms with Crippen LogP contribution in [-0.2, 0) is 10.4 Å². The lowest BCUT2D eigenvalue weighted by atomic mass is 9.88. The zero-order chi connectivity index (χ0) is 15.0. The molecule has 1 aliphatic heterocycles. The minimum absolute atomic E-state index is 0.256. The third-order valence-corrected chi connectivity index (χ3v) is 3.75. The van der Waals surface area contributed by atoms with Gasteiger partial charge in [-0.1, -0.05) is 42.0 Å². The summed E-state index contributed by atoms with van der Waals surface area (Å²) in [6.07, 6.45) is -0.265. The van der Waals surface area contributed by atoms with E-state index in [1.807, 2.05) is 13.0 Å². The summed E-state index contributed by atoms with van der Waals surface area (Å²) < 4.78 is 0. The van der Waals surface area contributed by atoms with Crippen LogP contribution in [0.15, 0.2) is 48.5 Å². The molecule has 1 aliphatic rings. The molecule has 0 bridgehead atoms. The van der Waals surface area contributed by atoms with Crippen LogP contribution in [0.1, 0.15) is 27.9 Å². The van der Waals surface area contributed by atoms with Gasteiger partial charge in [-0.25, -0.2) is 0 Å². The number of amides is 1. The number of para-hydroxylation sites is 1. The van der Waals surface area contributed by atoms with Gasteiger partial charge in [0, 0.05) is 16.8 Å². The standard InChI is InChI=1S/C17H15NO3/c1-11-5-4-6-12(9-11)15(19)10-17(21)13-7-2-3-8-14(13)18-16(17)20/h2-9,21H,10H2,1H3,(H,18,20)/t17-/m1/s1. The van der Waals surface area contributed by atoms with Crippen molar-refractivity contribution < 1.29 is 14.7 Å². The molecule has 0 saturated carbocycles. The van der Waals surface area contributed by atoms with E-state index in [1.54, 1.807) is 42.5 Å². The van der Waals surface area contributed by atoms with Crippen LogP contribution < -0.4 is 5.32 Å². The van der Waals surface area contributed by atoms with Crippen molar-refractivity contribution in [1.29, 1.82) is 0 Å². The molecule has 0 spiro atoms. The Bertz CT molecular complexity index is 738. The van der Waals surface area contributed by atoms with Crippen molar-refractivity contribution >= 4 is 17.4 Å². The molecule has 0 radical (unpaired) electrons. The average molecular weight is 281 g/mol. The molecule has 4 heteroatoms. The van der Waals surface area contributed by atoms with Gasteiger partial charge in [0.05, 0.1) is 6.42 Å². The molecular formula is C17H15NO3. The molecule has 0 aliphatic carbocycles. The highest BCUT2D eigenvalue weighted by Gasteiger charge is 2.46. The number of Topliss-reactive ketones (excluding diaryl/α,β-unsaturated/α-hetero) is 1. The minimum atomic E-state index is -1.79. The zero-order valence-electron chi connectivity index (χ0n) is 11.6. The lowest BCUT2D eigenvalue weighted by Gasteiger charge is -2.20. The Morgan fingerprint density at radius 3 is 2.71 bits per heavy atom. The molecule has 1 heterocycles. The fraction of sp³-hybridized carbons (Fsp3) is 0.176. The van der Waals surface area contributed by atoms with Gasteiger partial charge in [0.15, 0.2) is 11.4 Å². The number of nitrogens with one attached hydrogen (secondary N) is 1. The number of aliphatic hydroxyl groups is 1. The molecule has 2 aromatic rings. The molecule has 106 valence electrons. The number of carbonyl (C=O) groups is 2. The van der Waals surface area contributed by atoms with Crippen molar-refractivity contribution in [2.45, 2.75) is 18.9 Å². The smallest absolute Gasteiger partial charge is 0.261 e. The molecule has 0 saturated heterocycles. The molecule has 0 fully saturated rings. The van der Waals surface area contributed by atoms with E-state index >= 15 is 0 Å². The number of rotatable bonds is 3. The first kappa shape index (κ1) is 13.5. The van der Waals surface area contributed by atoms with Gasteiger partial charge in [-0.15, -0.1) is 0 Å². The Labute approximate surface area is 122 Å². The Kier molecular flexibility index (Phi) is 3.11. The first-order chi connectivity index (χ1) is 10.0. The van der Waals surface area contributed by atoms with Gasteiger partial charge >= 0.3 is 0 Å². The predicted octanol–water partition coefficient (Wildman–Crippen LogP) is 2.41. The van der Waals surface area contributed by atoms with Crippen LogP contribution in [0.5, 0.6) is 0 Å². The molecule has 3 rings (SSSR count). The van der Waals surface area contributed by atoms with Gasteiger partial charge in [0.1, 0.15) is 0 Å². The van der Waals surface area contributed by atoms with Crippen molar-refractivity contribution in [1.82, 2.24) is 0 Å². The molecular weight excluding hydrogens is 266 g/mol.